The number of amides is 1. The first-order valence-corrected chi connectivity index (χ1v) is 21.6. The van der Waals surface area contributed by atoms with Crippen LogP contribution in [-0.4, -0.2) is 72.1 Å². The van der Waals surface area contributed by atoms with Gasteiger partial charge in [0.1, 0.15) is 22.7 Å². The van der Waals surface area contributed by atoms with Crippen molar-refractivity contribution in [1.82, 2.24) is 4.72 Å². The number of benzene rings is 4. The van der Waals surface area contributed by atoms with Crippen molar-refractivity contribution in [2.75, 3.05) is 57.3 Å². The lowest BCUT2D eigenvalue weighted by molar-refractivity contribution is -0.384. The number of ketones is 1. The number of hydrogen-bond acceptors (Lipinski definition) is 12. The van der Waals surface area contributed by atoms with Crippen LogP contribution in [0.4, 0.5) is 17.1 Å². The number of anilines is 2. The van der Waals surface area contributed by atoms with E-state index in [1.807, 2.05) is 29.6 Å². The maximum atomic E-state index is 14.0. The van der Waals surface area contributed by atoms with Gasteiger partial charge in [-0.2, -0.15) is 0 Å². The van der Waals surface area contributed by atoms with Gasteiger partial charge >= 0.3 is 0 Å². The highest BCUT2D eigenvalue weighted by atomic mass is 32.2. The van der Waals surface area contributed by atoms with Gasteiger partial charge in [-0.15, -0.1) is 11.3 Å². The number of nitro benzene ring substituents is 1. The molecule has 0 saturated carbocycles. The van der Waals surface area contributed by atoms with Crippen LogP contribution in [0.1, 0.15) is 56.8 Å². The van der Waals surface area contributed by atoms with Gasteiger partial charge in [0, 0.05) is 55.7 Å². The lowest BCUT2D eigenvalue weighted by atomic mass is 9.93. The molecule has 0 unspecified atom stereocenters. The van der Waals surface area contributed by atoms with Crippen LogP contribution < -0.4 is 24.4 Å². The summed E-state index contributed by atoms with van der Waals surface area (Å²) in [6.45, 7) is 3.22. The largest absolute Gasteiger partial charge is 0.496 e. The molecule has 2 aliphatic heterocycles. The summed E-state index contributed by atoms with van der Waals surface area (Å²) < 4.78 is 44.9. The average Bonchev–Trinajstić information content (AvgIpc) is 3.76. The van der Waals surface area contributed by atoms with E-state index in [9.17, 15) is 28.1 Å². The minimum atomic E-state index is -4.41. The number of hydrogen-bond donors (Lipinski definition) is 2. The first-order valence-electron chi connectivity index (χ1n) is 19.2. The van der Waals surface area contributed by atoms with Gasteiger partial charge in [-0.05, 0) is 103 Å². The number of nitro groups is 1. The number of methoxy groups -OCH3 is 2. The smallest absolute Gasteiger partial charge is 0.293 e. The van der Waals surface area contributed by atoms with Gasteiger partial charge in [0.25, 0.3) is 21.6 Å². The Balaban J connectivity index is 0.990. The fourth-order valence-corrected chi connectivity index (χ4v) is 9.27. The van der Waals surface area contributed by atoms with E-state index < -0.39 is 26.5 Å². The fourth-order valence-electron chi connectivity index (χ4n) is 7.42. The molecule has 2 aliphatic rings. The van der Waals surface area contributed by atoms with Crippen LogP contribution in [0.25, 0.3) is 17.2 Å². The Labute approximate surface area is 346 Å². The highest BCUT2D eigenvalue weighted by molar-refractivity contribution is 7.90. The van der Waals surface area contributed by atoms with E-state index in [1.165, 1.54) is 43.3 Å². The lowest BCUT2D eigenvalue weighted by Crippen LogP contribution is -2.31. The Kier molecular flexibility index (Phi) is 12.7. The van der Waals surface area contributed by atoms with Crippen molar-refractivity contribution in [3.63, 3.8) is 0 Å². The number of carbonyl (C=O) groups excluding carboxylic acids is 2. The van der Waals surface area contributed by atoms with E-state index in [-0.39, 0.29) is 21.9 Å². The van der Waals surface area contributed by atoms with Crippen LogP contribution in [0, 0.1) is 16.0 Å². The SMILES string of the molecule is COc1cccc(OC)c1C(=O)c1sccc1-c1ccccc1C=C1CCN(c2ccc(C(=O)NS(=O)(=O)c3ccc(NCC4CCOCC4)c([N+](=O)[O-])c3)cc2)CC1. The van der Waals surface area contributed by atoms with E-state index in [2.05, 4.69) is 27.1 Å². The van der Waals surface area contributed by atoms with Crippen molar-refractivity contribution in [3.8, 4) is 22.6 Å². The molecule has 2 fully saturated rings. The maximum absolute atomic E-state index is 14.0. The normalized spacial score (nSPS) is 14.7. The molecule has 1 amide bonds. The van der Waals surface area contributed by atoms with Crippen LogP contribution in [0.2, 0.25) is 0 Å². The lowest BCUT2D eigenvalue weighted by Gasteiger charge is -2.30. The van der Waals surface area contributed by atoms with Crippen molar-refractivity contribution in [1.29, 1.82) is 0 Å². The van der Waals surface area contributed by atoms with E-state index in [4.69, 9.17) is 14.2 Å². The molecule has 0 spiro atoms. The third-order valence-electron chi connectivity index (χ3n) is 10.7. The molecular weight excluding hydrogens is 793 g/mol. The summed E-state index contributed by atoms with van der Waals surface area (Å²) in [7, 11) is -1.35. The summed E-state index contributed by atoms with van der Waals surface area (Å²) in [6, 6.07) is 25.5. The van der Waals surface area contributed by atoms with E-state index in [0.29, 0.717) is 47.6 Å². The molecule has 13 nitrogen and oxygen atoms in total. The molecule has 0 aliphatic carbocycles. The molecule has 7 rings (SSSR count). The molecule has 2 saturated heterocycles. The number of nitrogens with zero attached hydrogens (tertiary/aromatic N) is 2. The predicted octanol–water partition coefficient (Wildman–Crippen LogP) is 8.21. The summed E-state index contributed by atoms with van der Waals surface area (Å²) in [5.41, 5.74) is 5.26. The molecule has 306 valence electrons. The van der Waals surface area contributed by atoms with Gasteiger partial charge < -0.3 is 24.4 Å². The third-order valence-corrected chi connectivity index (χ3v) is 12.9. The third kappa shape index (κ3) is 9.32. The summed E-state index contributed by atoms with van der Waals surface area (Å²) in [5.74, 6) is 0.169. The second-order valence-corrected chi connectivity index (χ2v) is 16.9. The number of nitrogens with one attached hydrogen (secondary N) is 2. The van der Waals surface area contributed by atoms with Gasteiger partial charge in [0.05, 0.1) is 28.9 Å². The zero-order chi connectivity index (χ0) is 41.5. The average molecular weight is 837 g/mol. The Morgan fingerprint density at radius 3 is 2.29 bits per heavy atom. The Morgan fingerprint density at radius 2 is 1.61 bits per heavy atom. The quantitative estimate of drug-likeness (QED) is 0.0629. The van der Waals surface area contributed by atoms with Crippen molar-refractivity contribution >= 4 is 56.2 Å². The molecule has 59 heavy (non-hydrogen) atoms. The topological polar surface area (TPSA) is 166 Å². The number of carbonyl (C=O) groups is 2. The monoisotopic (exact) mass is 836 g/mol. The second-order valence-electron chi connectivity index (χ2n) is 14.3. The Bertz CT molecular complexity index is 2460. The Morgan fingerprint density at radius 1 is 0.915 bits per heavy atom. The van der Waals surface area contributed by atoms with Crippen LogP contribution in [-0.2, 0) is 14.8 Å². The van der Waals surface area contributed by atoms with E-state index in [1.54, 1.807) is 42.5 Å². The van der Waals surface area contributed by atoms with Crippen LogP contribution in [0.5, 0.6) is 11.5 Å². The van der Waals surface area contributed by atoms with Crippen molar-refractivity contribution in [2.45, 2.75) is 30.6 Å². The standard InChI is InChI=1S/C44H44N4O9S2/c1-55-39-8-5-9-40(56-2)41(39)42(49)43-36(20-25-58-43)35-7-4-3-6-32(35)26-29-16-21-47(22-17-29)33-12-10-31(11-13-33)44(50)46-59(53,54)34-14-15-37(38(27-34)48(51)52)45-28-30-18-23-57-24-19-30/h3-15,20,25-27,30,45H,16-19,21-24,28H2,1-2H3,(H,46,50). The molecule has 0 atom stereocenters. The number of thiophene rings is 1. The summed E-state index contributed by atoms with van der Waals surface area (Å²) in [5, 5.41) is 16.9. The predicted molar refractivity (Wildman–Crippen MR) is 228 cm³/mol. The van der Waals surface area contributed by atoms with Crippen molar-refractivity contribution in [2.24, 2.45) is 5.92 Å². The number of rotatable bonds is 14. The van der Waals surface area contributed by atoms with Gasteiger partial charge in [-0.1, -0.05) is 42.0 Å². The number of ether oxygens (including phenoxy) is 3. The molecule has 4 aromatic carbocycles. The fraction of sp³-hybridized carbons (Fsp3) is 0.273. The van der Waals surface area contributed by atoms with Gasteiger partial charge in [0.2, 0.25) is 5.78 Å². The molecule has 3 heterocycles. The van der Waals surface area contributed by atoms with Crippen molar-refractivity contribution in [3.05, 3.63) is 134 Å². The minimum Gasteiger partial charge on any atom is -0.496 e. The molecule has 1 aromatic heterocycles. The Hall–Kier alpha value is -6.03. The first kappa shape index (κ1) is 41.1. The molecular formula is C44H44N4O9S2. The van der Waals surface area contributed by atoms with Gasteiger partial charge in [-0.25, -0.2) is 13.1 Å². The number of piperidine rings is 1. The van der Waals surface area contributed by atoms with Crippen LogP contribution >= 0.6 is 11.3 Å². The summed E-state index contributed by atoms with van der Waals surface area (Å²) in [4.78, 5) is 40.7. The number of sulfonamides is 1. The maximum Gasteiger partial charge on any atom is 0.293 e. The minimum absolute atomic E-state index is 0.131. The van der Waals surface area contributed by atoms with E-state index >= 15 is 0 Å². The van der Waals surface area contributed by atoms with Gasteiger partial charge in [0.15, 0.2) is 0 Å². The van der Waals surface area contributed by atoms with Crippen LogP contribution in [0.3, 0.4) is 0 Å². The second kappa shape index (κ2) is 18.3. The van der Waals surface area contributed by atoms with E-state index in [0.717, 1.165) is 67.2 Å². The summed E-state index contributed by atoms with van der Waals surface area (Å²) >= 11 is 1.38. The van der Waals surface area contributed by atoms with Crippen LogP contribution in [0.15, 0.2) is 107 Å². The summed E-state index contributed by atoms with van der Waals surface area (Å²) in [6.07, 6.45) is 5.44. The molecule has 2 N–H and O–H groups in total. The zero-order valence-electron chi connectivity index (χ0n) is 32.6. The highest BCUT2D eigenvalue weighted by Gasteiger charge is 2.27. The molecule has 0 bridgehead atoms. The molecule has 0 radical (unpaired) electrons. The molecule has 5 aromatic rings. The van der Waals surface area contributed by atoms with Crippen molar-refractivity contribution < 1.29 is 37.1 Å². The first-order chi connectivity index (χ1) is 28.6. The molecule has 15 heteroatoms. The zero-order valence-corrected chi connectivity index (χ0v) is 34.3. The van der Waals surface area contributed by atoms with Gasteiger partial charge in [-0.3, -0.25) is 19.7 Å². The highest BCUT2D eigenvalue weighted by Crippen LogP contribution is 2.38.